The highest BCUT2D eigenvalue weighted by Gasteiger charge is 2.30. The molecule has 1 heterocycles. The molecule has 4 aromatic rings. The van der Waals surface area contributed by atoms with Gasteiger partial charge in [-0.3, -0.25) is 0 Å². The Labute approximate surface area is 195 Å². The third kappa shape index (κ3) is 4.55. The minimum absolute atomic E-state index is 0.653. The molecular weight excluding hydrogens is 423 g/mol. The topological polar surface area (TPSA) is 42.9 Å². The minimum Gasteiger partial charge on any atom is -0.309 e. The van der Waals surface area contributed by atoms with Crippen LogP contribution >= 0.6 is 7.14 Å². The molecular formula is C29H25N2OP. The molecule has 0 radical (unpaired) electrons. The van der Waals surface area contributed by atoms with Crippen LogP contribution in [0, 0.1) is 6.92 Å². The van der Waals surface area contributed by atoms with Gasteiger partial charge in [-0.15, -0.1) is 0 Å². The summed E-state index contributed by atoms with van der Waals surface area (Å²) >= 11 is 0. The molecule has 4 rings (SSSR count). The van der Waals surface area contributed by atoms with Gasteiger partial charge in [-0.05, 0) is 13.0 Å². The summed E-state index contributed by atoms with van der Waals surface area (Å²) in [4.78, 5) is 9.24. The second-order valence-electron chi connectivity index (χ2n) is 7.57. The molecule has 0 aliphatic heterocycles. The molecule has 0 spiro atoms. The summed E-state index contributed by atoms with van der Waals surface area (Å²) in [5.41, 5.74) is 3.68. The monoisotopic (exact) mass is 448 g/mol. The first-order valence-corrected chi connectivity index (χ1v) is 12.4. The zero-order chi connectivity index (χ0) is 23.3. The van der Waals surface area contributed by atoms with Crippen LogP contribution in [0.2, 0.25) is 0 Å². The molecule has 4 heteroatoms. The molecule has 0 aliphatic rings. The van der Waals surface area contributed by atoms with Crippen molar-refractivity contribution in [1.82, 2.24) is 9.97 Å². The van der Waals surface area contributed by atoms with Gasteiger partial charge in [0.15, 0.2) is 7.14 Å². The first kappa shape index (κ1) is 22.4. The van der Waals surface area contributed by atoms with Crippen LogP contribution in [-0.4, -0.2) is 9.97 Å². The average molecular weight is 449 g/mol. The third-order valence-corrected chi connectivity index (χ3v) is 8.52. The van der Waals surface area contributed by atoms with Crippen molar-refractivity contribution in [3.63, 3.8) is 0 Å². The van der Waals surface area contributed by atoms with Gasteiger partial charge in [0.05, 0.1) is 11.4 Å². The van der Waals surface area contributed by atoms with Crippen molar-refractivity contribution in [2.75, 3.05) is 0 Å². The number of hydrogen-bond acceptors (Lipinski definition) is 3. The Morgan fingerprint density at radius 3 is 1.82 bits per heavy atom. The van der Waals surface area contributed by atoms with E-state index in [1.165, 1.54) is 0 Å². The van der Waals surface area contributed by atoms with Crippen LogP contribution in [0.4, 0.5) is 0 Å². The van der Waals surface area contributed by atoms with E-state index in [1.807, 2.05) is 97.9 Å². The molecule has 1 atom stereocenters. The van der Waals surface area contributed by atoms with Crippen LogP contribution < -0.4 is 10.6 Å². The SMILES string of the molecule is C=C/C=C(\C=C)P(=O)(c1ccccc1)c1ccc(-c2cc(-c3ccccc3)nc(C)n2)cc1. The average Bonchev–Trinajstić information content (AvgIpc) is 2.87. The summed E-state index contributed by atoms with van der Waals surface area (Å²) in [7, 11) is -3.09. The number of aromatic nitrogens is 2. The second kappa shape index (κ2) is 9.77. The van der Waals surface area contributed by atoms with Gasteiger partial charge in [-0.2, -0.15) is 0 Å². The zero-order valence-electron chi connectivity index (χ0n) is 18.6. The van der Waals surface area contributed by atoms with E-state index >= 15 is 0 Å². The van der Waals surface area contributed by atoms with Gasteiger partial charge >= 0.3 is 0 Å². The van der Waals surface area contributed by atoms with Crippen LogP contribution in [0.3, 0.4) is 0 Å². The highest BCUT2D eigenvalue weighted by molar-refractivity contribution is 7.82. The Bertz CT molecular complexity index is 1360. The first-order valence-electron chi connectivity index (χ1n) is 10.7. The van der Waals surface area contributed by atoms with Crippen LogP contribution in [-0.2, 0) is 4.57 Å². The highest BCUT2D eigenvalue weighted by atomic mass is 31.2. The Kier molecular flexibility index (Phi) is 6.63. The summed E-state index contributed by atoms with van der Waals surface area (Å²) in [6.45, 7) is 9.58. The molecule has 1 unspecified atom stereocenters. The predicted octanol–water partition coefficient (Wildman–Crippen LogP) is 6.69. The second-order valence-corrected chi connectivity index (χ2v) is 10.3. The zero-order valence-corrected chi connectivity index (χ0v) is 19.5. The van der Waals surface area contributed by atoms with Crippen LogP contribution in [0.1, 0.15) is 5.82 Å². The maximum atomic E-state index is 14.5. The standard InChI is InChI=1S/C29H25N2OP/c1-4-12-25(5-2)33(32,26-15-10-7-11-16-26)27-19-17-24(18-20-27)29-21-28(30-22(3)31-29)23-13-8-6-9-14-23/h4-21H,1-2H2,3H3/b25-12+. The first-order chi connectivity index (χ1) is 16.1. The fourth-order valence-electron chi connectivity index (χ4n) is 3.82. The van der Waals surface area contributed by atoms with Crippen molar-refractivity contribution in [3.8, 4) is 22.5 Å². The third-order valence-electron chi connectivity index (χ3n) is 5.42. The van der Waals surface area contributed by atoms with E-state index in [9.17, 15) is 4.57 Å². The maximum absolute atomic E-state index is 14.5. The fourth-order valence-corrected chi connectivity index (χ4v) is 6.45. The lowest BCUT2D eigenvalue weighted by Gasteiger charge is -2.21. The molecule has 3 aromatic carbocycles. The fraction of sp³-hybridized carbons (Fsp3) is 0.0345. The van der Waals surface area contributed by atoms with E-state index in [1.54, 1.807) is 18.2 Å². The number of benzene rings is 3. The Balaban J connectivity index is 1.80. The largest absolute Gasteiger partial charge is 0.309 e. The van der Waals surface area contributed by atoms with Gasteiger partial charge in [0.1, 0.15) is 5.82 Å². The van der Waals surface area contributed by atoms with E-state index in [4.69, 9.17) is 0 Å². The molecule has 162 valence electrons. The van der Waals surface area contributed by atoms with Gasteiger partial charge < -0.3 is 4.57 Å². The quantitative estimate of drug-likeness (QED) is 0.234. The van der Waals surface area contributed by atoms with E-state index in [0.29, 0.717) is 11.1 Å². The molecule has 0 bridgehead atoms. The smallest absolute Gasteiger partial charge is 0.170 e. The Hall–Kier alpha value is -3.81. The highest BCUT2D eigenvalue weighted by Crippen LogP contribution is 2.52. The van der Waals surface area contributed by atoms with E-state index in [0.717, 1.165) is 33.1 Å². The summed E-state index contributed by atoms with van der Waals surface area (Å²) in [6, 6.07) is 29.3. The molecule has 0 saturated carbocycles. The molecule has 0 fully saturated rings. The van der Waals surface area contributed by atoms with E-state index in [-0.39, 0.29) is 0 Å². The van der Waals surface area contributed by atoms with Crippen molar-refractivity contribution in [3.05, 3.63) is 134 Å². The van der Waals surface area contributed by atoms with Gasteiger partial charge in [-0.1, -0.05) is 116 Å². The maximum Gasteiger partial charge on any atom is 0.170 e. The molecule has 33 heavy (non-hydrogen) atoms. The van der Waals surface area contributed by atoms with Crippen molar-refractivity contribution in [2.45, 2.75) is 6.92 Å². The number of rotatable bonds is 7. The van der Waals surface area contributed by atoms with Crippen LogP contribution in [0.5, 0.6) is 0 Å². The van der Waals surface area contributed by atoms with Crippen LogP contribution in [0.25, 0.3) is 22.5 Å². The Morgan fingerprint density at radius 1 is 0.758 bits per heavy atom. The lowest BCUT2D eigenvalue weighted by Crippen LogP contribution is -2.17. The van der Waals surface area contributed by atoms with Crippen LogP contribution in [0.15, 0.2) is 128 Å². The van der Waals surface area contributed by atoms with Crippen molar-refractivity contribution >= 4 is 17.8 Å². The Morgan fingerprint density at radius 2 is 1.27 bits per heavy atom. The van der Waals surface area contributed by atoms with Gasteiger partial charge in [0.2, 0.25) is 0 Å². The molecule has 1 aromatic heterocycles. The van der Waals surface area contributed by atoms with E-state index in [2.05, 4.69) is 23.1 Å². The minimum atomic E-state index is -3.09. The van der Waals surface area contributed by atoms with Gasteiger partial charge in [-0.25, -0.2) is 9.97 Å². The number of nitrogens with zero attached hydrogens (tertiary/aromatic N) is 2. The normalized spacial score (nSPS) is 13.2. The van der Waals surface area contributed by atoms with Crippen molar-refractivity contribution in [1.29, 1.82) is 0 Å². The lowest BCUT2D eigenvalue weighted by molar-refractivity contribution is 0.591. The number of allylic oxidation sites excluding steroid dienone is 4. The molecule has 0 aliphatic carbocycles. The van der Waals surface area contributed by atoms with Crippen molar-refractivity contribution in [2.24, 2.45) is 0 Å². The number of aryl methyl sites for hydroxylation is 1. The molecule has 0 N–H and O–H groups in total. The molecule has 0 amide bonds. The molecule has 0 saturated heterocycles. The summed E-state index contributed by atoms with van der Waals surface area (Å²) in [5.74, 6) is 0.702. The summed E-state index contributed by atoms with van der Waals surface area (Å²) in [6.07, 6.45) is 5.08. The van der Waals surface area contributed by atoms with Crippen molar-refractivity contribution < 1.29 is 4.57 Å². The lowest BCUT2D eigenvalue weighted by atomic mass is 10.1. The molecule has 3 nitrogen and oxygen atoms in total. The van der Waals surface area contributed by atoms with Gasteiger partial charge in [0, 0.05) is 27.1 Å². The van der Waals surface area contributed by atoms with E-state index < -0.39 is 7.14 Å². The summed E-state index contributed by atoms with van der Waals surface area (Å²) < 4.78 is 14.5. The van der Waals surface area contributed by atoms with Gasteiger partial charge in [0.25, 0.3) is 0 Å². The predicted molar refractivity (Wildman–Crippen MR) is 139 cm³/mol. The summed E-state index contributed by atoms with van der Waals surface area (Å²) in [5, 5.41) is 2.15. The number of hydrogen-bond donors (Lipinski definition) is 0.